The highest BCUT2D eigenvalue weighted by atomic mass is 16.5. The minimum absolute atomic E-state index is 0.0640. The van der Waals surface area contributed by atoms with Gasteiger partial charge in [-0.25, -0.2) is 9.67 Å². The van der Waals surface area contributed by atoms with Gasteiger partial charge in [0.2, 0.25) is 0 Å². The number of nitrogens with one attached hydrogen (secondary N) is 1. The van der Waals surface area contributed by atoms with Gasteiger partial charge in [0, 0.05) is 29.3 Å². The van der Waals surface area contributed by atoms with Crippen LogP contribution in [0.2, 0.25) is 0 Å². The molecule has 4 rings (SSSR count). The number of methoxy groups -OCH3 is 2. The second kappa shape index (κ2) is 7.88. The number of nitrogens with zero attached hydrogens (tertiary/aromatic N) is 3. The first-order valence-electron chi connectivity index (χ1n) is 9.51. The first kappa shape index (κ1) is 18.3. The van der Waals surface area contributed by atoms with Crippen molar-refractivity contribution in [1.29, 1.82) is 0 Å². The van der Waals surface area contributed by atoms with Crippen molar-refractivity contribution in [2.24, 2.45) is 0 Å². The minimum Gasteiger partial charge on any atom is -0.497 e. The fraction of sp³-hybridized carbons (Fsp3) is 0.381. The van der Waals surface area contributed by atoms with Crippen LogP contribution in [0.15, 0.2) is 36.7 Å². The van der Waals surface area contributed by atoms with Gasteiger partial charge in [0.15, 0.2) is 5.65 Å². The van der Waals surface area contributed by atoms with Crippen LogP contribution < -0.4 is 14.8 Å². The maximum Gasteiger partial charge on any atom is 0.253 e. The lowest BCUT2D eigenvalue weighted by Gasteiger charge is -2.12. The Hall–Kier alpha value is -3.09. The summed E-state index contributed by atoms with van der Waals surface area (Å²) in [5.74, 6) is 1.41. The molecule has 0 aliphatic heterocycles. The molecule has 7 heteroatoms. The molecular formula is C21H24N4O3. The summed E-state index contributed by atoms with van der Waals surface area (Å²) in [5.41, 5.74) is 2.27. The lowest BCUT2D eigenvalue weighted by molar-refractivity contribution is 0.0937. The zero-order valence-corrected chi connectivity index (χ0v) is 16.1. The minimum atomic E-state index is -0.0640. The van der Waals surface area contributed by atoms with Gasteiger partial charge in [-0.3, -0.25) is 4.79 Å². The number of carbonyl (C=O) groups is 1. The fourth-order valence-corrected chi connectivity index (χ4v) is 3.69. The number of benzene rings is 1. The van der Waals surface area contributed by atoms with Crippen molar-refractivity contribution in [3.8, 4) is 11.5 Å². The van der Waals surface area contributed by atoms with Gasteiger partial charge in [0.05, 0.1) is 32.5 Å². The van der Waals surface area contributed by atoms with E-state index in [4.69, 9.17) is 9.47 Å². The van der Waals surface area contributed by atoms with E-state index in [1.807, 2.05) is 24.3 Å². The van der Waals surface area contributed by atoms with E-state index in [0.717, 1.165) is 40.9 Å². The van der Waals surface area contributed by atoms with Crippen LogP contribution in [-0.4, -0.2) is 40.9 Å². The van der Waals surface area contributed by atoms with E-state index in [1.165, 1.54) is 12.8 Å². The van der Waals surface area contributed by atoms with Gasteiger partial charge < -0.3 is 14.8 Å². The van der Waals surface area contributed by atoms with Crippen LogP contribution >= 0.6 is 0 Å². The van der Waals surface area contributed by atoms with Gasteiger partial charge in [-0.05, 0) is 31.0 Å². The zero-order valence-electron chi connectivity index (χ0n) is 16.1. The molecule has 2 aromatic heterocycles. The molecule has 1 amide bonds. The van der Waals surface area contributed by atoms with Gasteiger partial charge in [0.1, 0.15) is 11.5 Å². The van der Waals surface area contributed by atoms with Crippen LogP contribution in [0.1, 0.15) is 41.6 Å². The number of fused-ring (bicyclic) bond motifs is 1. The van der Waals surface area contributed by atoms with Crippen molar-refractivity contribution < 1.29 is 14.3 Å². The molecule has 1 N–H and O–H groups in total. The summed E-state index contributed by atoms with van der Waals surface area (Å²) >= 11 is 0. The van der Waals surface area contributed by atoms with Gasteiger partial charge in [0.25, 0.3) is 5.91 Å². The molecule has 28 heavy (non-hydrogen) atoms. The van der Waals surface area contributed by atoms with Crippen LogP contribution in [0.4, 0.5) is 0 Å². The molecule has 1 aliphatic carbocycles. The van der Waals surface area contributed by atoms with E-state index < -0.39 is 0 Å². The molecule has 1 fully saturated rings. The summed E-state index contributed by atoms with van der Waals surface area (Å²) in [7, 11) is 3.26. The van der Waals surface area contributed by atoms with Gasteiger partial charge in [-0.15, -0.1) is 0 Å². The summed E-state index contributed by atoms with van der Waals surface area (Å²) in [6.07, 6.45) is 7.85. The maximum absolute atomic E-state index is 12.5. The van der Waals surface area contributed by atoms with Crippen LogP contribution in [0.3, 0.4) is 0 Å². The molecule has 0 bridgehead atoms. The van der Waals surface area contributed by atoms with Crippen LogP contribution in [-0.2, 0) is 6.54 Å². The Bertz CT molecular complexity index is 992. The highest BCUT2D eigenvalue weighted by Gasteiger charge is 2.19. The summed E-state index contributed by atoms with van der Waals surface area (Å²) in [5, 5.41) is 8.39. The number of hydrogen-bond acceptors (Lipinski definition) is 5. The molecule has 0 unspecified atom stereocenters. The van der Waals surface area contributed by atoms with Gasteiger partial charge in [-0.1, -0.05) is 12.8 Å². The summed E-state index contributed by atoms with van der Waals surface area (Å²) in [4.78, 5) is 17.0. The number of rotatable bonds is 6. The molecular weight excluding hydrogens is 356 g/mol. The molecule has 0 spiro atoms. The van der Waals surface area contributed by atoms with E-state index in [0.29, 0.717) is 12.1 Å². The average Bonchev–Trinajstić information content (AvgIpc) is 3.38. The quantitative estimate of drug-likeness (QED) is 0.711. The summed E-state index contributed by atoms with van der Waals surface area (Å²) in [6.45, 7) is 0.511. The predicted octanol–water partition coefficient (Wildman–Crippen LogP) is 3.17. The van der Waals surface area contributed by atoms with Crippen molar-refractivity contribution >= 4 is 16.9 Å². The third kappa shape index (κ3) is 3.65. The fourth-order valence-electron chi connectivity index (χ4n) is 3.69. The molecule has 0 radical (unpaired) electrons. The third-order valence-electron chi connectivity index (χ3n) is 5.24. The topological polar surface area (TPSA) is 78.3 Å². The van der Waals surface area contributed by atoms with Crippen molar-refractivity contribution in [3.05, 3.63) is 47.8 Å². The SMILES string of the molecule is COc1ccc(Cn2ncc3cc(C(=O)NC4CCCC4)cnc32)c(OC)c1. The number of ether oxygens (including phenoxy) is 2. The molecule has 7 nitrogen and oxygen atoms in total. The van der Waals surface area contributed by atoms with Gasteiger partial charge in [-0.2, -0.15) is 5.10 Å². The number of carbonyl (C=O) groups excluding carboxylic acids is 1. The Morgan fingerprint density at radius 1 is 1.18 bits per heavy atom. The van der Waals surface area contributed by atoms with Crippen molar-refractivity contribution in [1.82, 2.24) is 20.1 Å². The average molecular weight is 380 g/mol. The van der Waals surface area contributed by atoms with Crippen LogP contribution in [0, 0.1) is 0 Å². The number of aromatic nitrogens is 3. The number of hydrogen-bond donors (Lipinski definition) is 1. The Kier molecular flexibility index (Phi) is 5.14. The third-order valence-corrected chi connectivity index (χ3v) is 5.24. The van der Waals surface area contributed by atoms with Gasteiger partial charge >= 0.3 is 0 Å². The van der Waals surface area contributed by atoms with Crippen molar-refractivity contribution in [2.45, 2.75) is 38.3 Å². The predicted molar refractivity (Wildman–Crippen MR) is 106 cm³/mol. The van der Waals surface area contributed by atoms with Crippen molar-refractivity contribution in [2.75, 3.05) is 14.2 Å². The van der Waals surface area contributed by atoms with Crippen LogP contribution in [0.5, 0.6) is 11.5 Å². The Balaban J connectivity index is 1.55. The number of amides is 1. The van der Waals surface area contributed by atoms with E-state index >= 15 is 0 Å². The smallest absolute Gasteiger partial charge is 0.253 e. The molecule has 1 aliphatic rings. The molecule has 146 valence electrons. The first-order valence-corrected chi connectivity index (χ1v) is 9.51. The molecule has 0 atom stereocenters. The lowest BCUT2D eigenvalue weighted by atomic mass is 10.2. The second-order valence-electron chi connectivity index (χ2n) is 7.07. The normalized spacial score (nSPS) is 14.4. The summed E-state index contributed by atoms with van der Waals surface area (Å²) < 4.78 is 12.5. The molecule has 1 saturated carbocycles. The van der Waals surface area contributed by atoms with Crippen LogP contribution in [0.25, 0.3) is 11.0 Å². The Morgan fingerprint density at radius 3 is 2.75 bits per heavy atom. The van der Waals surface area contributed by atoms with E-state index in [2.05, 4.69) is 15.4 Å². The number of pyridine rings is 1. The Labute approximate surface area is 163 Å². The Morgan fingerprint density at radius 2 is 2.00 bits per heavy atom. The molecule has 0 saturated heterocycles. The van der Waals surface area contributed by atoms with E-state index in [-0.39, 0.29) is 11.9 Å². The standard InChI is InChI=1S/C21H24N4O3/c1-27-18-8-7-14(19(10-18)28-2)13-25-20-15(12-23-25)9-16(11-22-20)21(26)24-17-5-3-4-6-17/h7-12,17H,3-6,13H2,1-2H3,(H,24,26). The lowest BCUT2D eigenvalue weighted by Crippen LogP contribution is -2.32. The second-order valence-corrected chi connectivity index (χ2v) is 7.07. The highest BCUT2D eigenvalue weighted by molar-refractivity contribution is 5.97. The zero-order chi connectivity index (χ0) is 19.5. The highest BCUT2D eigenvalue weighted by Crippen LogP contribution is 2.26. The molecule has 1 aromatic carbocycles. The first-order chi connectivity index (χ1) is 13.7. The van der Waals surface area contributed by atoms with E-state index in [1.54, 1.807) is 31.3 Å². The molecule has 3 aromatic rings. The van der Waals surface area contributed by atoms with E-state index in [9.17, 15) is 4.79 Å². The maximum atomic E-state index is 12.5. The summed E-state index contributed by atoms with van der Waals surface area (Å²) in [6, 6.07) is 7.83. The van der Waals surface area contributed by atoms with Crippen molar-refractivity contribution in [3.63, 3.8) is 0 Å². The molecule has 2 heterocycles. The monoisotopic (exact) mass is 380 g/mol. The largest absolute Gasteiger partial charge is 0.497 e.